The molecule has 1 rings (SSSR count). The van der Waals surface area contributed by atoms with Crippen LogP contribution in [0.5, 0.6) is 5.75 Å². The van der Waals surface area contributed by atoms with E-state index in [1.165, 1.54) is 6.07 Å². The van der Waals surface area contributed by atoms with Gasteiger partial charge in [0.2, 0.25) is 0 Å². The van der Waals surface area contributed by atoms with Crippen molar-refractivity contribution in [1.82, 2.24) is 0 Å². The minimum Gasteiger partial charge on any atom is -0.507 e. The van der Waals surface area contributed by atoms with Crippen LogP contribution in [0.3, 0.4) is 0 Å². The molecule has 5 heteroatoms. The summed E-state index contributed by atoms with van der Waals surface area (Å²) in [4.78, 5) is 21.8. The second-order valence-corrected chi connectivity index (χ2v) is 2.64. The van der Waals surface area contributed by atoms with Crippen molar-refractivity contribution < 1.29 is 19.4 Å². The Bertz CT molecular complexity index is 459. The molecule has 0 aliphatic heterocycles. The number of nitrogens with zero attached hydrogens (tertiary/aromatic N) is 1. The van der Waals surface area contributed by atoms with E-state index < -0.39 is 5.97 Å². The van der Waals surface area contributed by atoms with Crippen molar-refractivity contribution >= 4 is 12.3 Å². The Morgan fingerprint density at radius 3 is 2.73 bits per heavy atom. The number of benzene rings is 1. The second-order valence-electron chi connectivity index (χ2n) is 2.64. The van der Waals surface area contributed by atoms with Gasteiger partial charge in [0, 0.05) is 0 Å². The van der Waals surface area contributed by atoms with E-state index in [9.17, 15) is 14.7 Å². The standard InChI is InChI=1S/C10H7NO4/c1-15-10(14)6-2-3-9(13)8(5-12)7(6)4-11/h2-3,5,13H,1H3. The molecule has 1 aromatic rings. The predicted molar refractivity (Wildman–Crippen MR) is 49.5 cm³/mol. The van der Waals surface area contributed by atoms with Crippen LogP contribution < -0.4 is 0 Å². The SMILES string of the molecule is COC(=O)c1ccc(O)c(C=O)c1C#N. The molecule has 0 aromatic heterocycles. The lowest BCUT2D eigenvalue weighted by molar-refractivity contribution is 0.0600. The molecule has 0 heterocycles. The summed E-state index contributed by atoms with van der Waals surface area (Å²) in [5.41, 5.74) is -0.433. The van der Waals surface area contributed by atoms with E-state index in [-0.39, 0.29) is 22.4 Å². The first-order valence-electron chi connectivity index (χ1n) is 3.95. The Morgan fingerprint density at radius 2 is 2.27 bits per heavy atom. The maximum atomic E-state index is 11.2. The summed E-state index contributed by atoms with van der Waals surface area (Å²) >= 11 is 0. The third-order valence-electron chi connectivity index (χ3n) is 1.86. The number of rotatable bonds is 2. The Morgan fingerprint density at radius 1 is 1.60 bits per heavy atom. The average molecular weight is 205 g/mol. The number of hydrogen-bond acceptors (Lipinski definition) is 5. The fourth-order valence-corrected chi connectivity index (χ4v) is 1.13. The number of carbonyl (C=O) groups excluding carboxylic acids is 2. The van der Waals surface area contributed by atoms with Crippen molar-refractivity contribution in [3.63, 3.8) is 0 Å². The molecule has 0 fully saturated rings. The molecule has 0 bridgehead atoms. The quantitative estimate of drug-likeness (QED) is 0.571. The summed E-state index contributed by atoms with van der Waals surface area (Å²) in [5.74, 6) is -1.07. The third kappa shape index (κ3) is 1.79. The van der Waals surface area contributed by atoms with Crippen LogP contribution in [0.15, 0.2) is 12.1 Å². The summed E-state index contributed by atoms with van der Waals surface area (Å²) in [6.07, 6.45) is 0.320. The topological polar surface area (TPSA) is 87.4 Å². The highest BCUT2D eigenvalue weighted by Crippen LogP contribution is 2.22. The van der Waals surface area contributed by atoms with Gasteiger partial charge in [-0.2, -0.15) is 5.26 Å². The molecule has 0 spiro atoms. The normalized spacial score (nSPS) is 9.07. The highest BCUT2D eigenvalue weighted by atomic mass is 16.5. The molecular weight excluding hydrogens is 198 g/mol. The van der Waals surface area contributed by atoms with Crippen molar-refractivity contribution in [1.29, 1.82) is 5.26 Å². The first kappa shape index (κ1) is 10.7. The highest BCUT2D eigenvalue weighted by molar-refractivity contribution is 5.97. The van der Waals surface area contributed by atoms with E-state index in [0.29, 0.717) is 6.29 Å². The van der Waals surface area contributed by atoms with Crippen molar-refractivity contribution in [2.75, 3.05) is 7.11 Å². The van der Waals surface area contributed by atoms with E-state index in [1.54, 1.807) is 6.07 Å². The fourth-order valence-electron chi connectivity index (χ4n) is 1.13. The van der Waals surface area contributed by atoms with Crippen LogP contribution in [0, 0.1) is 11.3 Å². The molecule has 0 aliphatic rings. The van der Waals surface area contributed by atoms with Crippen LogP contribution in [0.25, 0.3) is 0 Å². The Kier molecular flexibility index (Phi) is 3.03. The van der Waals surface area contributed by atoms with Crippen LogP contribution in [0.1, 0.15) is 26.3 Å². The first-order chi connectivity index (χ1) is 7.15. The smallest absolute Gasteiger partial charge is 0.339 e. The van der Waals surface area contributed by atoms with Gasteiger partial charge in [0.05, 0.1) is 23.8 Å². The van der Waals surface area contributed by atoms with Gasteiger partial charge in [-0.3, -0.25) is 4.79 Å². The number of carbonyl (C=O) groups is 2. The summed E-state index contributed by atoms with van der Waals surface area (Å²) in [6.45, 7) is 0. The van der Waals surface area contributed by atoms with Crippen molar-refractivity contribution in [2.24, 2.45) is 0 Å². The third-order valence-corrected chi connectivity index (χ3v) is 1.86. The zero-order valence-electron chi connectivity index (χ0n) is 7.85. The lowest BCUT2D eigenvalue weighted by Crippen LogP contribution is -2.06. The molecule has 0 amide bonds. The van der Waals surface area contributed by atoms with Crippen LogP contribution >= 0.6 is 0 Å². The van der Waals surface area contributed by atoms with Gasteiger partial charge in [-0.05, 0) is 12.1 Å². The Balaban J connectivity index is 3.50. The van der Waals surface area contributed by atoms with Gasteiger partial charge < -0.3 is 9.84 Å². The van der Waals surface area contributed by atoms with E-state index in [0.717, 1.165) is 13.2 Å². The van der Waals surface area contributed by atoms with Crippen molar-refractivity contribution in [3.05, 3.63) is 28.8 Å². The van der Waals surface area contributed by atoms with Gasteiger partial charge in [0.1, 0.15) is 11.8 Å². The number of esters is 1. The lowest BCUT2D eigenvalue weighted by atomic mass is 10.0. The van der Waals surface area contributed by atoms with Crippen molar-refractivity contribution in [2.45, 2.75) is 0 Å². The predicted octanol–water partition coefficient (Wildman–Crippen LogP) is 0.863. The number of aromatic hydroxyl groups is 1. The summed E-state index contributed by atoms with van der Waals surface area (Å²) in [5, 5.41) is 18.0. The number of phenols is 1. The Labute approximate surface area is 85.5 Å². The molecule has 1 N–H and O–H groups in total. The maximum Gasteiger partial charge on any atom is 0.339 e. The highest BCUT2D eigenvalue weighted by Gasteiger charge is 2.17. The van der Waals surface area contributed by atoms with Gasteiger partial charge >= 0.3 is 5.97 Å². The monoisotopic (exact) mass is 205 g/mol. The summed E-state index contributed by atoms with van der Waals surface area (Å²) in [6, 6.07) is 4.07. The van der Waals surface area contributed by atoms with Crippen molar-refractivity contribution in [3.8, 4) is 11.8 Å². The van der Waals surface area contributed by atoms with E-state index >= 15 is 0 Å². The number of aldehydes is 1. The molecule has 0 aliphatic carbocycles. The number of hydrogen-bond donors (Lipinski definition) is 1. The average Bonchev–Trinajstić information content (AvgIpc) is 2.27. The second kappa shape index (κ2) is 4.24. The molecule has 0 unspecified atom stereocenters. The molecule has 76 valence electrons. The van der Waals surface area contributed by atoms with E-state index in [4.69, 9.17) is 5.26 Å². The number of phenolic OH excluding ortho intramolecular Hbond substituents is 1. The zero-order chi connectivity index (χ0) is 11.4. The van der Waals surface area contributed by atoms with Gasteiger partial charge in [-0.1, -0.05) is 0 Å². The number of ether oxygens (including phenoxy) is 1. The van der Waals surface area contributed by atoms with Crippen LogP contribution in [0.2, 0.25) is 0 Å². The van der Waals surface area contributed by atoms with Crippen LogP contribution in [-0.4, -0.2) is 24.5 Å². The minimum atomic E-state index is -0.727. The molecule has 5 nitrogen and oxygen atoms in total. The van der Waals surface area contributed by atoms with Gasteiger partial charge in [-0.15, -0.1) is 0 Å². The Hall–Kier alpha value is -2.35. The molecule has 15 heavy (non-hydrogen) atoms. The van der Waals surface area contributed by atoms with Gasteiger partial charge in [0.25, 0.3) is 0 Å². The zero-order valence-corrected chi connectivity index (χ0v) is 7.85. The molecule has 0 radical (unpaired) electrons. The fraction of sp³-hybridized carbons (Fsp3) is 0.100. The molecule has 1 aromatic carbocycles. The van der Waals surface area contributed by atoms with Gasteiger partial charge in [-0.25, -0.2) is 4.79 Å². The first-order valence-corrected chi connectivity index (χ1v) is 3.95. The van der Waals surface area contributed by atoms with Crippen LogP contribution in [-0.2, 0) is 4.74 Å². The largest absolute Gasteiger partial charge is 0.507 e. The lowest BCUT2D eigenvalue weighted by Gasteiger charge is -2.05. The van der Waals surface area contributed by atoms with E-state index in [2.05, 4.69) is 4.74 Å². The molecule has 0 saturated carbocycles. The van der Waals surface area contributed by atoms with E-state index in [1.807, 2.05) is 0 Å². The maximum absolute atomic E-state index is 11.2. The van der Waals surface area contributed by atoms with Gasteiger partial charge in [0.15, 0.2) is 6.29 Å². The summed E-state index contributed by atoms with van der Waals surface area (Å²) < 4.78 is 4.43. The summed E-state index contributed by atoms with van der Waals surface area (Å²) in [7, 11) is 1.16. The molecule has 0 saturated heterocycles. The minimum absolute atomic E-state index is 0.0418. The molecular formula is C10H7NO4. The number of nitriles is 1. The molecule has 0 atom stereocenters. The number of methoxy groups -OCH3 is 1. The van der Waals surface area contributed by atoms with Crippen LogP contribution in [0.4, 0.5) is 0 Å².